The second kappa shape index (κ2) is 5.54. The Balaban J connectivity index is 0.00000121. The van der Waals surface area contributed by atoms with Crippen LogP contribution in [0.1, 0.15) is 22.9 Å². The molecule has 1 heterocycles. The minimum atomic E-state index is 0. The van der Waals surface area contributed by atoms with Crippen molar-refractivity contribution in [3.8, 4) is 0 Å². The van der Waals surface area contributed by atoms with Gasteiger partial charge in [-0.1, -0.05) is 0 Å². The van der Waals surface area contributed by atoms with Gasteiger partial charge in [0.15, 0.2) is 0 Å². The summed E-state index contributed by atoms with van der Waals surface area (Å²) >= 11 is 1.66. The molecule has 0 aromatic carbocycles. The van der Waals surface area contributed by atoms with Gasteiger partial charge in [0.05, 0.1) is 0 Å². The van der Waals surface area contributed by atoms with E-state index in [-0.39, 0.29) is 25.1 Å². The van der Waals surface area contributed by atoms with E-state index in [0.717, 1.165) is 0 Å². The largest absolute Gasteiger partial charge is 0.396 e. The Hall–Kier alpha value is -0.0900. The summed E-state index contributed by atoms with van der Waals surface area (Å²) in [4.78, 5) is 1.19. The van der Waals surface area contributed by atoms with Crippen molar-refractivity contribution in [2.24, 2.45) is 5.73 Å². The van der Waals surface area contributed by atoms with E-state index < -0.39 is 0 Å². The zero-order chi connectivity index (χ0) is 8.27. The average molecular weight is 208 g/mol. The molecular formula is C8H14ClNOS. The lowest BCUT2D eigenvalue weighted by molar-refractivity contribution is 0.277. The lowest BCUT2D eigenvalue weighted by Crippen LogP contribution is -2.11. The van der Waals surface area contributed by atoms with Crippen molar-refractivity contribution in [2.75, 3.05) is 6.61 Å². The molecule has 0 aliphatic rings. The standard InChI is InChI=1S/C8H13NOS.ClH/c1-6-3-5-11-8(6)7(9)2-4-10;/h3,5,7,10H,2,4,9H2,1H3;1H/t7-;/m0./s1. The van der Waals surface area contributed by atoms with E-state index in [0.29, 0.717) is 6.42 Å². The van der Waals surface area contributed by atoms with Gasteiger partial charge in [0.1, 0.15) is 0 Å². The van der Waals surface area contributed by atoms with Crippen LogP contribution in [0.4, 0.5) is 0 Å². The molecule has 0 bridgehead atoms. The molecule has 0 aliphatic carbocycles. The smallest absolute Gasteiger partial charge is 0.0449 e. The van der Waals surface area contributed by atoms with Crippen molar-refractivity contribution in [2.45, 2.75) is 19.4 Å². The highest BCUT2D eigenvalue weighted by molar-refractivity contribution is 7.10. The van der Waals surface area contributed by atoms with Crippen LogP contribution in [0.15, 0.2) is 11.4 Å². The van der Waals surface area contributed by atoms with Gasteiger partial charge >= 0.3 is 0 Å². The number of halogens is 1. The summed E-state index contributed by atoms with van der Waals surface area (Å²) in [7, 11) is 0. The van der Waals surface area contributed by atoms with Gasteiger partial charge in [0.2, 0.25) is 0 Å². The lowest BCUT2D eigenvalue weighted by atomic mass is 10.1. The monoisotopic (exact) mass is 207 g/mol. The Kier molecular flexibility index (Phi) is 5.50. The summed E-state index contributed by atoms with van der Waals surface area (Å²) in [6.45, 7) is 2.21. The fourth-order valence-corrected chi connectivity index (χ4v) is 2.00. The van der Waals surface area contributed by atoms with Crippen LogP contribution in [0.2, 0.25) is 0 Å². The Labute approximate surface area is 82.8 Å². The zero-order valence-corrected chi connectivity index (χ0v) is 8.62. The molecule has 0 saturated carbocycles. The number of aliphatic hydroxyl groups is 1. The summed E-state index contributed by atoms with van der Waals surface area (Å²) in [6, 6.07) is 2.07. The van der Waals surface area contributed by atoms with Gasteiger partial charge < -0.3 is 10.8 Å². The third-order valence-electron chi connectivity index (χ3n) is 1.68. The van der Waals surface area contributed by atoms with E-state index in [4.69, 9.17) is 10.8 Å². The van der Waals surface area contributed by atoms with Gasteiger partial charge in [-0.2, -0.15) is 0 Å². The van der Waals surface area contributed by atoms with Crippen LogP contribution in [-0.2, 0) is 0 Å². The molecule has 70 valence electrons. The molecule has 4 heteroatoms. The minimum Gasteiger partial charge on any atom is -0.396 e. The first-order valence-corrected chi connectivity index (χ1v) is 4.54. The SMILES string of the molecule is Cc1ccsc1[C@@H](N)CCO.Cl. The van der Waals surface area contributed by atoms with Crippen LogP contribution in [0, 0.1) is 6.92 Å². The Morgan fingerprint density at radius 3 is 2.75 bits per heavy atom. The Morgan fingerprint density at radius 2 is 2.33 bits per heavy atom. The van der Waals surface area contributed by atoms with Crippen molar-refractivity contribution >= 4 is 23.7 Å². The number of hydrogen-bond donors (Lipinski definition) is 2. The number of aliphatic hydroxyl groups excluding tert-OH is 1. The van der Waals surface area contributed by atoms with Gasteiger partial charge in [-0.15, -0.1) is 23.7 Å². The molecule has 0 amide bonds. The molecule has 1 rings (SSSR count). The zero-order valence-electron chi connectivity index (χ0n) is 6.99. The normalized spacial score (nSPS) is 12.2. The van der Waals surface area contributed by atoms with Crippen molar-refractivity contribution in [1.82, 2.24) is 0 Å². The van der Waals surface area contributed by atoms with E-state index in [1.807, 2.05) is 12.3 Å². The second-order valence-electron chi connectivity index (χ2n) is 2.59. The van der Waals surface area contributed by atoms with Crippen LogP contribution >= 0.6 is 23.7 Å². The van der Waals surface area contributed by atoms with Crippen LogP contribution in [-0.4, -0.2) is 11.7 Å². The molecule has 12 heavy (non-hydrogen) atoms. The van der Waals surface area contributed by atoms with Gasteiger partial charge in [-0.25, -0.2) is 0 Å². The molecule has 0 spiro atoms. The number of nitrogens with two attached hydrogens (primary N) is 1. The van der Waals surface area contributed by atoms with Gasteiger partial charge in [0, 0.05) is 17.5 Å². The molecule has 1 aromatic rings. The van der Waals surface area contributed by atoms with Crippen LogP contribution in [0.5, 0.6) is 0 Å². The van der Waals surface area contributed by atoms with Crippen molar-refractivity contribution in [3.63, 3.8) is 0 Å². The van der Waals surface area contributed by atoms with Crippen molar-refractivity contribution < 1.29 is 5.11 Å². The maximum atomic E-state index is 8.65. The highest BCUT2D eigenvalue weighted by atomic mass is 35.5. The van der Waals surface area contributed by atoms with Crippen LogP contribution < -0.4 is 5.73 Å². The molecule has 1 atom stereocenters. The molecule has 0 unspecified atom stereocenters. The van der Waals surface area contributed by atoms with Gasteiger partial charge in [-0.3, -0.25) is 0 Å². The summed E-state index contributed by atoms with van der Waals surface area (Å²) < 4.78 is 0. The Morgan fingerprint density at radius 1 is 1.67 bits per heavy atom. The molecule has 2 nitrogen and oxygen atoms in total. The topological polar surface area (TPSA) is 46.2 Å². The summed E-state index contributed by atoms with van der Waals surface area (Å²) in [5.74, 6) is 0. The number of aryl methyl sites for hydroxylation is 1. The maximum absolute atomic E-state index is 8.65. The third kappa shape index (κ3) is 2.75. The summed E-state index contributed by atoms with van der Waals surface area (Å²) in [5.41, 5.74) is 7.03. The maximum Gasteiger partial charge on any atom is 0.0449 e. The number of thiophene rings is 1. The van der Waals surface area contributed by atoms with E-state index >= 15 is 0 Å². The highest BCUT2D eigenvalue weighted by Gasteiger charge is 2.08. The molecule has 1 aromatic heterocycles. The summed E-state index contributed by atoms with van der Waals surface area (Å²) in [6.07, 6.45) is 0.654. The number of rotatable bonds is 3. The van der Waals surface area contributed by atoms with Crippen LogP contribution in [0.3, 0.4) is 0 Å². The van der Waals surface area contributed by atoms with Crippen LogP contribution in [0.25, 0.3) is 0 Å². The van der Waals surface area contributed by atoms with Crippen molar-refractivity contribution in [3.05, 3.63) is 21.9 Å². The second-order valence-corrected chi connectivity index (χ2v) is 3.53. The minimum absolute atomic E-state index is 0. The summed E-state index contributed by atoms with van der Waals surface area (Å²) in [5, 5.41) is 10.7. The number of hydrogen-bond acceptors (Lipinski definition) is 3. The third-order valence-corrected chi connectivity index (χ3v) is 2.83. The first kappa shape index (κ1) is 11.9. The molecule has 0 fully saturated rings. The Bertz CT molecular complexity index is 227. The van der Waals surface area contributed by atoms with E-state index in [2.05, 4.69) is 6.07 Å². The molecule has 0 saturated heterocycles. The van der Waals surface area contributed by atoms with Gasteiger partial charge in [0.25, 0.3) is 0 Å². The molecule has 3 N–H and O–H groups in total. The molecular weight excluding hydrogens is 194 g/mol. The lowest BCUT2D eigenvalue weighted by Gasteiger charge is -2.07. The van der Waals surface area contributed by atoms with E-state index in [1.54, 1.807) is 11.3 Å². The fourth-order valence-electron chi connectivity index (χ4n) is 1.03. The predicted molar refractivity (Wildman–Crippen MR) is 54.9 cm³/mol. The van der Waals surface area contributed by atoms with Gasteiger partial charge in [-0.05, 0) is 30.4 Å². The molecule has 0 radical (unpaired) electrons. The quantitative estimate of drug-likeness (QED) is 0.795. The average Bonchev–Trinajstić information content (AvgIpc) is 2.36. The molecule has 0 aliphatic heterocycles. The van der Waals surface area contributed by atoms with E-state index in [1.165, 1.54) is 10.4 Å². The first-order valence-electron chi connectivity index (χ1n) is 3.66. The predicted octanol–water partition coefficient (Wildman–Crippen LogP) is 1.86. The van der Waals surface area contributed by atoms with E-state index in [9.17, 15) is 0 Å². The first-order chi connectivity index (χ1) is 5.25. The fraction of sp³-hybridized carbons (Fsp3) is 0.500. The highest BCUT2D eigenvalue weighted by Crippen LogP contribution is 2.23. The van der Waals surface area contributed by atoms with Crippen molar-refractivity contribution in [1.29, 1.82) is 0 Å².